The highest BCUT2D eigenvalue weighted by atomic mass is 32.2. The summed E-state index contributed by atoms with van der Waals surface area (Å²) in [5.41, 5.74) is 0.935. The van der Waals surface area contributed by atoms with Crippen LogP contribution in [-0.4, -0.2) is 18.3 Å². The zero-order valence-electron chi connectivity index (χ0n) is 9.90. The number of anilines is 1. The van der Waals surface area contributed by atoms with Gasteiger partial charge in [0.15, 0.2) is 0 Å². The van der Waals surface area contributed by atoms with Gasteiger partial charge in [0.25, 0.3) is 0 Å². The molecule has 0 fully saturated rings. The second kappa shape index (κ2) is 3.97. The zero-order chi connectivity index (χ0) is 12.6. The van der Waals surface area contributed by atoms with Crippen molar-refractivity contribution in [3.05, 3.63) is 23.8 Å². The van der Waals surface area contributed by atoms with E-state index in [1.54, 1.807) is 39.8 Å². The molecule has 0 spiro atoms. The Labute approximate surface area is 96.4 Å². The summed E-state index contributed by atoms with van der Waals surface area (Å²) in [7, 11) is -3.51. The van der Waals surface area contributed by atoms with Gasteiger partial charge in [-0.05, 0) is 39.3 Å². The van der Waals surface area contributed by atoms with Crippen LogP contribution < -0.4 is 4.72 Å². The van der Waals surface area contributed by atoms with Crippen LogP contribution >= 0.6 is 0 Å². The van der Waals surface area contributed by atoms with Gasteiger partial charge >= 0.3 is 0 Å². The normalized spacial score (nSPS) is 12.5. The number of hydrogen-bond donors (Lipinski definition) is 2. The van der Waals surface area contributed by atoms with Gasteiger partial charge in [0.2, 0.25) is 10.0 Å². The summed E-state index contributed by atoms with van der Waals surface area (Å²) < 4.78 is 25.3. The highest BCUT2D eigenvalue weighted by Crippen LogP contribution is 2.29. The molecule has 0 saturated carbocycles. The van der Waals surface area contributed by atoms with Gasteiger partial charge in [-0.2, -0.15) is 0 Å². The lowest BCUT2D eigenvalue weighted by Gasteiger charge is -2.21. The summed E-state index contributed by atoms with van der Waals surface area (Å²) in [6, 6.07) is 4.85. The first kappa shape index (κ1) is 12.8. The summed E-state index contributed by atoms with van der Waals surface area (Å²) >= 11 is 0. The molecular formula is C11H17NO3S. The van der Waals surface area contributed by atoms with Crippen LogP contribution in [0.1, 0.15) is 26.3 Å². The number of sulfonamides is 1. The molecule has 0 unspecified atom stereocenters. The molecule has 1 aromatic carbocycles. The predicted molar refractivity (Wildman–Crippen MR) is 65.1 cm³/mol. The van der Waals surface area contributed by atoms with E-state index in [1.807, 2.05) is 0 Å². The van der Waals surface area contributed by atoms with E-state index in [0.717, 1.165) is 0 Å². The molecule has 0 aliphatic heterocycles. The van der Waals surface area contributed by atoms with Crippen molar-refractivity contribution in [1.82, 2.24) is 0 Å². The monoisotopic (exact) mass is 243 g/mol. The molecule has 0 saturated heterocycles. The highest BCUT2D eigenvalue weighted by molar-refractivity contribution is 7.94. The maximum atomic E-state index is 11.9. The number of phenols is 1. The summed E-state index contributed by atoms with van der Waals surface area (Å²) in [4.78, 5) is 0. The van der Waals surface area contributed by atoms with Crippen LogP contribution in [0.25, 0.3) is 0 Å². The molecule has 16 heavy (non-hydrogen) atoms. The van der Waals surface area contributed by atoms with Gasteiger partial charge < -0.3 is 5.11 Å². The molecule has 90 valence electrons. The van der Waals surface area contributed by atoms with Gasteiger partial charge in [-0.15, -0.1) is 0 Å². The fraction of sp³-hybridized carbons (Fsp3) is 0.455. The van der Waals surface area contributed by atoms with Crippen LogP contribution in [0.15, 0.2) is 18.2 Å². The molecule has 0 amide bonds. The fourth-order valence-electron chi connectivity index (χ4n) is 1.07. The molecule has 4 nitrogen and oxygen atoms in total. The van der Waals surface area contributed by atoms with Crippen molar-refractivity contribution in [3.8, 4) is 5.75 Å². The van der Waals surface area contributed by atoms with Gasteiger partial charge in [0.05, 0.1) is 10.4 Å². The van der Waals surface area contributed by atoms with E-state index < -0.39 is 14.8 Å². The first-order valence-corrected chi connectivity index (χ1v) is 6.44. The minimum Gasteiger partial charge on any atom is -0.506 e. The zero-order valence-corrected chi connectivity index (χ0v) is 10.7. The molecule has 5 heteroatoms. The van der Waals surface area contributed by atoms with E-state index in [-0.39, 0.29) is 11.4 Å². The third kappa shape index (κ3) is 2.47. The lowest BCUT2D eigenvalue weighted by Crippen LogP contribution is -2.33. The predicted octanol–water partition coefficient (Wildman–Crippen LogP) is 2.24. The number of phenolic OH excluding ortho intramolecular Hbond substituents is 1. The average Bonchev–Trinajstić information content (AvgIpc) is 2.10. The Bertz CT molecular complexity index is 466. The minimum absolute atomic E-state index is 0.0622. The van der Waals surface area contributed by atoms with Crippen LogP contribution in [0.4, 0.5) is 5.69 Å². The molecule has 0 aliphatic rings. The molecule has 1 aromatic rings. The van der Waals surface area contributed by atoms with Crippen molar-refractivity contribution in [2.24, 2.45) is 0 Å². The van der Waals surface area contributed by atoms with Crippen LogP contribution in [0.5, 0.6) is 5.75 Å². The molecule has 0 aliphatic carbocycles. The van der Waals surface area contributed by atoms with Crippen LogP contribution in [-0.2, 0) is 10.0 Å². The number of aryl methyl sites for hydroxylation is 1. The maximum Gasteiger partial charge on any atom is 0.237 e. The molecule has 0 bridgehead atoms. The van der Waals surface area contributed by atoms with E-state index in [2.05, 4.69) is 4.72 Å². The van der Waals surface area contributed by atoms with Crippen molar-refractivity contribution < 1.29 is 13.5 Å². The van der Waals surface area contributed by atoms with Crippen molar-refractivity contribution in [1.29, 1.82) is 0 Å². The number of para-hydroxylation sites is 1. The van der Waals surface area contributed by atoms with E-state index in [9.17, 15) is 13.5 Å². The minimum atomic E-state index is -3.51. The third-order valence-corrected chi connectivity index (χ3v) is 4.38. The Hall–Kier alpha value is -1.23. The van der Waals surface area contributed by atoms with Crippen molar-refractivity contribution in [3.63, 3.8) is 0 Å². The average molecular weight is 243 g/mol. The van der Waals surface area contributed by atoms with Crippen molar-refractivity contribution >= 4 is 15.7 Å². The summed E-state index contributed by atoms with van der Waals surface area (Å²) in [6.45, 7) is 6.54. The Morgan fingerprint density at radius 3 is 2.25 bits per heavy atom. The molecule has 0 radical (unpaired) electrons. The number of benzene rings is 1. The fourth-order valence-corrected chi connectivity index (χ4v) is 1.91. The molecule has 2 N–H and O–H groups in total. The van der Waals surface area contributed by atoms with E-state index in [1.165, 1.54) is 6.07 Å². The van der Waals surface area contributed by atoms with Crippen molar-refractivity contribution in [2.45, 2.75) is 32.4 Å². The second-order valence-corrected chi connectivity index (χ2v) is 7.12. The highest BCUT2D eigenvalue weighted by Gasteiger charge is 2.29. The summed E-state index contributed by atoms with van der Waals surface area (Å²) in [5, 5.41) is 9.59. The number of rotatable bonds is 2. The van der Waals surface area contributed by atoms with Gasteiger partial charge in [-0.25, -0.2) is 8.42 Å². The number of nitrogens with one attached hydrogen (secondary N) is 1. The van der Waals surface area contributed by atoms with E-state index in [0.29, 0.717) is 5.56 Å². The maximum absolute atomic E-state index is 11.9. The van der Waals surface area contributed by atoms with Crippen LogP contribution in [0, 0.1) is 6.92 Å². The quantitative estimate of drug-likeness (QED) is 0.783. The summed E-state index contributed by atoms with van der Waals surface area (Å²) in [5.74, 6) is -0.0622. The molecule has 0 atom stereocenters. The Kier molecular flexibility index (Phi) is 3.19. The molecule has 0 heterocycles. The molecule has 0 aromatic heterocycles. The second-order valence-electron chi connectivity index (χ2n) is 4.69. The van der Waals surface area contributed by atoms with Crippen LogP contribution in [0.2, 0.25) is 0 Å². The number of aromatic hydroxyl groups is 1. The van der Waals surface area contributed by atoms with Crippen LogP contribution in [0.3, 0.4) is 0 Å². The Balaban J connectivity index is 3.17. The lowest BCUT2D eigenvalue weighted by molar-refractivity contribution is 0.477. The van der Waals surface area contributed by atoms with Gasteiger partial charge in [-0.3, -0.25) is 4.72 Å². The first-order valence-electron chi connectivity index (χ1n) is 4.96. The SMILES string of the molecule is Cc1cccc(O)c1NS(=O)(=O)C(C)(C)C. The topological polar surface area (TPSA) is 66.4 Å². The first-order chi connectivity index (χ1) is 7.15. The number of hydrogen-bond acceptors (Lipinski definition) is 3. The van der Waals surface area contributed by atoms with Gasteiger partial charge in [-0.1, -0.05) is 12.1 Å². The largest absolute Gasteiger partial charge is 0.506 e. The van der Waals surface area contributed by atoms with Crippen molar-refractivity contribution in [2.75, 3.05) is 4.72 Å². The van der Waals surface area contributed by atoms with E-state index >= 15 is 0 Å². The summed E-state index contributed by atoms with van der Waals surface area (Å²) in [6.07, 6.45) is 0. The third-order valence-electron chi connectivity index (χ3n) is 2.29. The molecular weight excluding hydrogens is 226 g/mol. The van der Waals surface area contributed by atoms with E-state index in [4.69, 9.17) is 0 Å². The smallest absolute Gasteiger partial charge is 0.237 e. The Morgan fingerprint density at radius 1 is 1.25 bits per heavy atom. The Morgan fingerprint density at radius 2 is 1.81 bits per heavy atom. The molecule has 1 rings (SSSR count). The van der Waals surface area contributed by atoms with Gasteiger partial charge in [0.1, 0.15) is 5.75 Å². The van der Waals surface area contributed by atoms with Gasteiger partial charge in [0, 0.05) is 0 Å². The standard InChI is InChI=1S/C11H17NO3S/c1-8-6-5-7-9(13)10(8)12-16(14,15)11(2,3)4/h5-7,12-13H,1-4H3. The lowest BCUT2D eigenvalue weighted by atomic mass is 10.2.